The molecule has 0 amide bonds. The lowest BCUT2D eigenvalue weighted by atomic mass is 10.1. The number of aryl methyl sites for hydroxylation is 1. The van der Waals surface area contributed by atoms with Crippen LogP contribution in [0.25, 0.3) is 0 Å². The quantitative estimate of drug-likeness (QED) is 0.654. The maximum atomic E-state index is 5.86. The molecule has 94 valence electrons. The number of hydrogen-bond donors (Lipinski definition) is 2. The molecule has 18 heavy (non-hydrogen) atoms. The molecule has 0 unspecified atom stereocenters. The van der Waals surface area contributed by atoms with Gasteiger partial charge in [0.1, 0.15) is 0 Å². The molecule has 4 heteroatoms. The summed E-state index contributed by atoms with van der Waals surface area (Å²) >= 11 is 1.69. The Morgan fingerprint density at radius 1 is 1.33 bits per heavy atom. The number of anilines is 1. The van der Waals surface area contributed by atoms with E-state index in [9.17, 15) is 0 Å². The standard InChI is InChI=1S/C14H17N3S/c1-2-11-5-3-6-12(9-11)17-14(15)16-10-13-7-4-8-18-13/h3-9H,2,10H2,1H3,(H3,15,16,17). The second kappa shape index (κ2) is 6.21. The van der Waals surface area contributed by atoms with Crippen molar-refractivity contribution in [3.8, 4) is 0 Å². The second-order valence-corrected chi connectivity index (χ2v) is 4.99. The van der Waals surface area contributed by atoms with Crippen LogP contribution in [0.1, 0.15) is 17.4 Å². The molecule has 1 aromatic heterocycles. The van der Waals surface area contributed by atoms with Crippen LogP contribution in [0.3, 0.4) is 0 Å². The smallest absolute Gasteiger partial charge is 0.193 e. The molecular weight excluding hydrogens is 242 g/mol. The summed E-state index contributed by atoms with van der Waals surface area (Å²) in [7, 11) is 0. The van der Waals surface area contributed by atoms with Crippen LogP contribution in [-0.4, -0.2) is 5.96 Å². The van der Waals surface area contributed by atoms with Crippen molar-refractivity contribution in [1.29, 1.82) is 0 Å². The highest BCUT2D eigenvalue weighted by molar-refractivity contribution is 7.09. The van der Waals surface area contributed by atoms with Gasteiger partial charge < -0.3 is 11.1 Å². The molecule has 0 saturated carbocycles. The number of nitrogens with two attached hydrogens (primary N) is 1. The van der Waals surface area contributed by atoms with Crippen molar-refractivity contribution >= 4 is 23.0 Å². The first-order chi connectivity index (χ1) is 8.78. The van der Waals surface area contributed by atoms with Crippen LogP contribution in [0.2, 0.25) is 0 Å². The van der Waals surface area contributed by atoms with Crippen molar-refractivity contribution in [3.63, 3.8) is 0 Å². The largest absolute Gasteiger partial charge is 0.370 e. The van der Waals surface area contributed by atoms with Gasteiger partial charge in [0, 0.05) is 10.6 Å². The fourth-order valence-electron chi connectivity index (χ4n) is 1.62. The minimum atomic E-state index is 0.455. The zero-order valence-electron chi connectivity index (χ0n) is 10.4. The van der Waals surface area contributed by atoms with E-state index >= 15 is 0 Å². The lowest BCUT2D eigenvalue weighted by Gasteiger charge is -2.06. The minimum absolute atomic E-state index is 0.455. The molecule has 2 aromatic rings. The van der Waals surface area contributed by atoms with Crippen LogP contribution in [0.15, 0.2) is 46.8 Å². The van der Waals surface area contributed by atoms with Crippen LogP contribution in [0.5, 0.6) is 0 Å². The molecule has 1 aromatic carbocycles. The van der Waals surface area contributed by atoms with E-state index in [1.54, 1.807) is 11.3 Å². The summed E-state index contributed by atoms with van der Waals surface area (Å²) in [6.07, 6.45) is 1.02. The summed E-state index contributed by atoms with van der Waals surface area (Å²) in [5, 5.41) is 5.15. The zero-order chi connectivity index (χ0) is 12.8. The molecule has 0 atom stereocenters. The number of guanidine groups is 1. The number of hydrogen-bond acceptors (Lipinski definition) is 2. The Morgan fingerprint density at radius 2 is 2.22 bits per heavy atom. The van der Waals surface area contributed by atoms with E-state index in [-0.39, 0.29) is 0 Å². The molecular formula is C14H17N3S. The summed E-state index contributed by atoms with van der Waals surface area (Å²) in [4.78, 5) is 5.52. The molecule has 0 aliphatic carbocycles. The summed E-state index contributed by atoms with van der Waals surface area (Å²) < 4.78 is 0. The maximum absolute atomic E-state index is 5.86. The van der Waals surface area contributed by atoms with Gasteiger partial charge in [-0.15, -0.1) is 11.3 Å². The van der Waals surface area contributed by atoms with Crippen molar-refractivity contribution in [2.24, 2.45) is 10.7 Å². The Labute approximate surface area is 111 Å². The van der Waals surface area contributed by atoms with Crippen LogP contribution in [0, 0.1) is 0 Å². The highest BCUT2D eigenvalue weighted by Gasteiger charge is 1.97. The Bertz CT molecular complexity index is 518. The molecule has 0 fully saturated rings. The highest BCUT2D eigenvalue weighted by atomic mass is 32.1. The van der Waals surface area contributed by atoms with E-state index in [0.29, 0.717) is 12.5 Å². The van der Waals surface area contributed by atoms with Crippen LogP contribution >= 0.6 is 11.3 Å². The van der Waals surface area contributed by atoms with E-state index in [2.05, 4.69) is 35.4 Å². The van der Waals surface area contributed by atoms with Gasteiger partial charge in [-0.05, 0) is 35.6 Å². The van der Waals surface area contributed by atoms with Crippen LogP contribution < -0.4 is 11.1 Å². The van der Waals surface area contributed by atoms with Gasteiger partial charge in [-0.3, -0.25) is 0 Å². The third kappa shape index (κ3) is 3.60. The molecule has 0 aliphatic rings. The van der Waals surface area contributed by atoms with Crippen molar-refractivity contribution < 1.29 is 0 Å². The fourth-order valence-corrected chi connectivity index (χ4v) is 2.25. The predicted molar refractivity (Wildman–Crippen MR) is 79.1 cm³/mol. The maximum Gasteiger partial charge on any atom is 0.193 e. The first-order valence-corrected chi connectivity index (χ1v) is 6.84. The molecule has 0 aliphatic heterocycles. The normalized spacial score (nSPS) is 11.5. The Balaban J connectivity index is 1.97. The average molecular weight is 259 g/mol. The summed E-state index contributed by atoms with van der Waals surface area (Å²) in [6, 6.07) is 12.3. The molecule has 3 nitrogen and oxygen atoms in total. The highest BCUT2D eigenvalue weighted by Crippen LogP contribution is 2.12. The number of nitrogens with one attached hydrogen (secondary N) is 1. The molecule has 2 rings (SSSR count). The van der Waals surface area contributed by atoms with E-state index in [1.165, 1.54) is 10.4 Å². The average Bonchev–Trinajstić information content (AvgIpc) is 2.90. The molecule has 1 heterocycles. The van der Waals surface area contributed by atoms with Crippen molar-refractivity contribution in [2.45, 2.75) is 19.9 Å². The lowest BCUT2D eigenvalue weighted by molar-refractivity contribution is 1.09. The van der Waals surface area contributed by atoms with Crippen molar-refractivity contribution in [1.82, 2.24) is 0 Å². The summed E-state index contributed by atoms with van der Waals surface area (Å²) in [6.45, 7) is 2.76. The van der Waals surface area contributed by atoms with Crippen LogP contribution in [0.4, 0.5) is 5.69 Å². The number of aliphatic imine (C=N–C) groups is 1. The van der Waals surface area contributed by atoms with E-state index < -0.39 is 0 Å². The molecule has 0 bridgehead atoms. The van der Waals surface area contributed by atoms with Crippen molar-refractivity contribution in [3.05, 3.63) is 52.2 Å². The number of rotatable bonds is 4. The fraction of sp³-hybridized carbons (Fsp3) is 0.214. The minimum Gasteiger partial charge on any atom is -0.370 e. The summed E-state index contributed by atoms with van der Waals surface area (Å²) in [5.41, 5.74) is 8.13. The summed E-state index contributed by atoms with van der Waals surface area (Å²) in [5.74, 6) is 0.455. The molecule has 0 saturated heterocycles. The lowest BCUT2D eigenvalue weighted by Crippen LogP contribution is -2.22. The van der Waals surface area contributed by atoms with Gasteiger partial charge >= 0.3 is 0 Å². The number of thiophene rings is 1. The Kier molecular flexibility index (Phi) is 4.36. The van der Waals surface area contributed by atoms with Gasteiger partial charge in [-0.1, -0.05) is 25.1 Å². The topological polar surface area (TPSA) is 50.4 Å². The first-order valence-electron chi connectivity index (χ1n) is 5.96. The number of nitrogens with zero attached hydrogens (tertiary/aromatic N) is 1. The third-order valence-electron chi connectivity index (χ3n) is 2.59. The van der Waals surface area contributed by atoms with Gasteiger partial charge in [0.25, 0.3) is 0 Å². The zero-order valence-corrected chi connectivity index (χ0v) is 11.2. The Morgan fingerprint density at radius 3 is 2.94 bits per heavy atom. The van der Waals surface area contributed by atoms with Crippen LogP contribution in [-0.2, 0) is 13.0 Å². The van der Waals surface area contributed by atoms with Gasteiger partial charge in [0.2, 0.25) is 0 Å². The predicted octanol–water partition coefficient (Wildman–Crippen LogP) is 3.24. The number of benzene rings is 1. The SMILES string of the molecule is CCc1cccc(NC(N)=NCc2cccs2)c1. The van der Waals surface area contributed by atoms with Gasteiger partial charge in [0.05, 0.1) is 6.54 Å². The second-order valence-electron chi connectivity index (χ2n) is 3.96. The van der Waals surface area contributed by atoms with Gasteiger partial charge in [-0.2, -0.15) is 0 Å². The molecule has 0 spiro atoms. The van der Waals surface area contributed by atoms with E-state index in [4.69, 9.17) is 5.73 Å². The molecule has 3 N–H and O–H groups in total. The van der Waals surface area contributed by atoms with Gasteiger partial charge in [-0.25, -0.2) is 4.99 Å². The Hall–Kier alpha value is -1.81. The van der Waals surface area contributed by atoms with Gasteiger partial charge in [0.15, 0.2) is 5.96 Å². The first kappa shape index (κ1) is 12.6. The van der Waals surface area contributed by atoms with Crippen molar-refractivity contribution in [2.75, 3.05) is 5.32 Å². The monoisotopic (exact) mass is 259 g/mol. The van der Waals surface area contributed by atoms with E-state index in [1.807, 2.05) is 23.6 Å². The molecule has 0 radical (unpaired) electrons. The third-order valence-corrected chi connectivity index (χ3v) is 3.45. The van der Waals surface area contributed by atoms with E-state index in [0.717, 1.165) is 12.1 Å².